The Labute approximate surface area is 196 Å². The molecule has 0 spiro atoms. The van der Waals surface area contributed by atoms with Crippen LogP contribution in [0.1, 0.15) is 36.8 Å². The molecule has 34 heavy (non-hydrogen) atoms. The molecule has 0 radical (unpaired) electrons. The van der Waals surface area contributed by atoms with Gasteiger partial charge in [0.1, 0.15) is 11.6 Å². The second kappa shape index (κ2) is 10.1. The number of aromatic nitrogens is 2. The summed E-state index contributed by atoms with van der Waals surface area (Å²) < 4.78 is 52.9. The molecule has 0 atom stereocenters. The van der Waals surface area contributed by atoms with Crippen molar-refractivity contribution in [2.75, 3.05) is 30.9 Å². The molecule has 1 fully saturated rings. The lowest BCUT2D eigenvalue weighted by atomic mass is 9.86. The Morgan fingerprint density at radius 3 is 2.41 bits per heavy atom. The molecule has 2 N–H and O–H groups in total. The quantitative estimate of drug-likeness (QED) is 0.435. The third-order valence-corrected chi connectivity index (χ3v) is 6.32. The minimum absolute atomic E-state index is 0.0373. The summed E-state index contributed by atoms with van der Waals surface area (Å²) in [5.74, 6) is 0.682. The first-order valence-electron chi connectivity index (χ1n) is 11.5. The maximum Gasteiger partial charge on any atom is 0.419 e. The molecule has 2 aromatic carbocycles. The van der Waals surface area contributed by atoms with Crippen LogP contribution in [0.5, 0.6) is 0 Å². The topological polar surface area (TPSA) is 53.1 Å². The van der Waals surface area contributed by atoms with Crippen LogP contribution in [0, 0.1) is 11.7 Å². The number of benzene rings is 2. The number of hydrogen-bond acceptors (Lipinski definition) is 5. The van der Waals surface area contributed by atoms with E-state index in [0.29, 0.717) is 18.4 Å². The molecule has 9 heteroatoms. The van der Waals surface area contributed by atoms with Crippen LogP contribution in [0.25, 0.3) is 10.9 Å². The van der Waals surface area contributed by atoms with Crippen molar-refractivity contribution >= 4 is 22.7 Å². The zero-order chi connectivity index (χ0) is 24.3. The molecule has 0 unspecified atom stereocenters. The van der Waals surface area contributed by atoms with Crippen LogP contribution in [-0.2, 0) is 12.7 Å². The largest absolute Gasteiger partial charge is 0.419 e. The Balaban J connectivity index is 1.29. The fourth-order valence-electron chi connectivity index (χ4n) is 4.51. The summed E-state index contributed by atoms with van der Waals surface area (Å²) in [6, 6.07) is 11.6. The number of halogens is 4. The van der Waals surface area contributed by atoms with Crippen molar-refractivity contribution < 1.29 is 17.6 Å². The number of fused-ring (bicyclic) bond motifs is 1. The Bertz CT molecular complexity index is 1120. The van der Waals surface area contributed by atoms with Crippen LogP contribution in [0.15, 0.2) is 42.5 Å². The molecule has 0 amide bonds. The van der Waals surface area contributed by atoms with E-state index in [9.17, 15) is 17.6 Å². The minimum Gasteiger partial charge on any atom is -0.362 e. The van der Waals surface area contributed by atoms with Crippen molar-refractivity contribution in [3.05, 3.63) is 59.4 Å². The monoisotopic (exact) mass is 475 g/mol. The van der Waals surface area contributed by atoms with Gasteiger partial charge in [0.2, 0.25) is 5.95 Å². The second-order valence-corrected chi connectivity index (χ2v) is 9.05. The first-order valence-corrected chi connectivity index (χ1v) is 11.5. The first kappa shape index (κ1) is 24.2. The maximum absolute atomic E-state index is 14.2. The van der Waals surface area contributed by atoms with Crippen LogP contribution in [-0.4, -0.2) is 36.6 Å². The van der Waals surface area contributed by atoms with Gasteiger partial charge in [0, 0.05) is 37.6 Å². The molecular formula is C25H29F4N5. The molecule has 0 bridgehead atoms. The lowest BCUT2D eigenvalue weighted by Gasteiger charge is -2.29. The number of para-hydroxylation sites is 1. The van der Waals surface area contributed by atoms with E-state index in [-0.39, 0.29) is 18.2 Å². The van der Waals surface area contributed by atoms with E-state index < -0.39 is 17.6 Å². The van der Waals surface area contributed by atoms with Crippen molar-refractivity contribution in [1.82, 2.24) is 15.3 Å². The Morgan fingerprint density at radius 1 is 0.971 bits per heavy atom. The maximum atomic E-state index is 14.2. The zero-order valence-electron chi connectivity index (χ0n) is 19.3. The lowest BCUT2D eigenvalue weighted by molar-refractivity contribution is -0.140. The van der Waals surface area contributed by atoms with E-state index in [0.717, 1.165) is 48.5 Å². The van der Waals surface area contributed by atoms with E-state index in [1.165, 1.54) is 12.1 Å². The highest BCUT2D eigenvalue weighted by molar-refractivity contribution is 5.90. The van der Waals surface area contributed by atoms with Crippen LogP contribution in [0.3, 0.4) is 0 Å². The molecule has 1 aromatic heterocycles. The molecule has 1 aliphatic carbocycles. The fraction of sp³-hybridized carbons (Fsp3) is 0.440. The van der Waals surface area contributed by atoms with Crippen molar-refractivity contribution in [2.45, 2.75) is 44.4 Å². The average Bonchev–Trinajstić information content (AvgIpc) is 2.80. The van der Waals surface area contributed by atoms with Crippen LogP contribution >= 0.6 is 0 Å². The van der Waals surface area contributed by atoms with Gasteiger partial charge in [-0.1, -0.05) is 24.3 Å². The smallest absolute Gasteiger partial charge is 0.362 e. The van der Waals surface area contributed by atoms with Crippen molar-refractivity contribution in [2.24, 2.45) is 5.92 Å². The van der Waals surface area contributed by atoms with Crippen molar-refractivity contribution in [3.8, 4) is 0 Å². The molecule has 1 aliphatic rings. The summed E-state index contributed by atoms with van der Waals surface area (Å²) in [7, 11) is 3.92. The van der Waals surface area contributed by atoms with E-state index >= 15 is 0 Å². The number of alkyl halides is 3. The van der Waals surface area contributed by atoms with Gasteiger partial charge in [-0.25, -0.2) is 9.37 Å². The SMILES string of the molecule is CN(C)c1nc(N[C@H]2CC[C@@H](CNCc3cccc(C(F)(F)F)c3F)CC2)nc2ccccc12. The number of nitrogens with zero attached hydrogens (tertiary/aromatic N) is 3. The number of nitrogens with one attached hydrogen (secondary N) is 2. The summed E-state index contributed by atoms with van der Waals surface area (Å²) in [4.78, 5) is 11.4. The highest BCUT2D eigenvalue weighted by Crippen LogP contribution is 2.32. The van der Waals surface area contributed by atoms with Crippen LogP contribution in [0.4, 0.5) is 29.3 Å². The summed E-state index contributed by atoms with van der Waals surface area (Å²) in [5.41, 5.74) is -0.287. The molecule has 1 heterocycles. The summed E-state index contributed by atoms with van der Waals surface area (Å²) in [6.07, 6.45) is -0.878. The Hall–Kier alpha value is -2.94. The van der Waals surface area contributed by atoms with Gasteiger partial charge < -0.3 is 15.5 Å². The number of rotatable bonds is 7. The standard InChI is InChI=1S/C25H29F4N5/c1-34(2)23-19-7-3-4-9-21(19)32-24(33-23)31-18-12-10-16(11-13-18)14-30-15-17-6-5-8-20(22(17)26)25(27,28)29/h3-9,16,18,30H,10-15H2,1-2H3,(H,31,32,33)/t16-,18+. The molecule has 1 saturated carbocycles. The average molecular weight is 476 g/mol. The van der Waals surface area contributed by atoms with Crippen molar-refractivity contribution in [3.63, 3.8) is 0 Å². The van der Waals surface area contributed by atoms with Crippen LogP contribution in [0.2, 0.25) is 0 Å². The molecule has 3 aromatic rings. The summed E-state index contributed by atoms with van der Waals surface area (Å²) in [6.45, 7) is 0.714. The fourth-order valence-corrected chi connectivity index (χ4v) is 4.51. The minimum atomic E-state index is -4.69. The molecule has 182 valence electrons. The third kappa shape index (κ3) is 5.58. The molecule has 0 aliphatic heterocycles. The third-order valence-electron chi connectivity index (χ3n) is 6.32. The lowest BCUT2D eigenvalue weighted by Crippen LogP contribution is -2.32. The normalized spacial score (nSPS) is 18.8. The van der Waals surface area contributed by atoms with E-state index in [4.69, 9.17) is 4.98 Å². The van der Waals surface area contributed by atoms with Gasteiger partial charge >= 0.3 is 6.18 Å². The molecule has 0 saturated heterocycles. The molecule has 5 nitrogen and oxygen atoms in total. The van der Waals surface area contributed by atoms with Gasteiger partial charge in [0.05, 0.1) is 11.1 Å². The number of anilines is 2. The summed E-state index contributed by atoms with van der Waals surface area (Å²) in [5, 5.41) is 7.62. The highest BCUT2D eigenvalue weighted by Gasteiger charge is 2.34. The molecular weight excluding hydrogens is 446 g/mol. The van der Waals surface area contributed by atoms with E-state index in [2.05, 4.69) is 15.6 Å². The summed E-state index contributed by atoms with van der Waals surface area (Å²) >= 11 is 0. The predicted octanol–water partition coefficient (Wildman–Crippen LogP) is 5.61. The zero-order valence-corrected chi connectivity index (χ0v) is 19.3. The van der Waals surface area contributed by atoms with Gasteiger partial charge in [-0.2, -0.15) is 18.2 Å². The van der Waals surface area contributed by atoms with Gasteiger partial charge in [-0.15, -0.1) is 0 Å². The Morgan fingerprint density at radius 2 is 1.71 bits per heavy atom. The Kier molecular flexibility index (Phi) is 7.21. The van der Waals surface area contributed by atoms with Crippen molar-refractivity contribution in [1.29, 1.82) is 0 Å². The number of hydrogen-bond donors (Lipinski definition) is 2. The van der Waals surface area contributed by atoms with Gasteiger partial charge in [0.15, 0.2) is 0 Å². The van der Waals surface area contributed by atoms with Gasteiger partial charge in [0.25, 0.3) is 0 Å². The second-order valence-electron chi connectivity index (χ2n) is 9.05. The first-order chi connectivity index (χ1) is 16.2. The van der Waals surface area contributed by atoms with Crippen LogP contribution < -0.4 is 15.5 Å². The van der Waals surface area contributed by atoms with E-state index in [1.54, 1.807) is 0 Å². The molecule has 4 rings (SSSR count). The predicted molar refractivity (Wildman–Crippen MR) is 126 cm³/mol. The van der Waals surface area contributed by atoms with Gasteiger partial charge in [-0.05, 0) is 56.3 Å². The highest BCUT2D eigenvalue weighted by atomic mass is 19.4. The van der Waals surface area contributed by atoms with E-state index in [1.807, 2.05) is 43.3 Å². The van der Waals surface area contributed by atoms with Gasteiger partial charge in [-0.3, -0.25) is 0 Å².